The molecule has 0 aliphatic carbocycles. The number of unbranched alkanes of at least 4 members (excludes halogenated alkanes) is 1. The highest BCUT2D eigenvalue weighted by molar-refractivity contribution is 8.00. The lowest BCUT2D eigenvalue weighted by atomic mass is 10.2. The number of thioether (sulfide) groups is 1. The van der Waals surface area contributed by atoms with E-state index in [-0.39, 0.29) is 22.2 Å². The molecule has 100 valence electrons. The smallest absolute Gasteiger partial charge is 0.446 e. The number of hydrogen-bond donors (Lipinski definition) is 0. The molecule has 0 aliphatic heterocycles. The molecule has 0 spiro atoms. The molecule has 2 nitrogen and oxygen atoms in total. The van der Waals surface area contributed by atoms with E-state index in [0.29, 0.717) is 6.61 Å². The third-order valence-corrected chi connectivity index (χ3v) is 2.79. The van der Waals surface area contributed by atoms with Gasteiger partial charge in [-0.25, -0.2) is 4.79 Å². The molecule has 1 rings (SSSR count). The number of hydrogen-bond acceptors (Lipinski definition) is 3. The van der Waals surface area contributed by atoms with Crippen LogP contribution in [0.3, 0.4) is 0 Å². The van der Waals surface area contributed by atoms with Gasteiger partial charge >= 0.3 is 11.5 Å². The van der Waals surface area contributed by atoms with Crippen LogP contribution in [0.1, 0.15) is 30.1 Å². The minimum absolute atomic E-state index is 0.0487. The first-order chi connectivity index (χ1) is 8.42. The van der Waals surface area contributed by atoms with E-state index in [1.54, 1.807) is 0 Å². The topological polar surface area (TPSA) is 26.3 Å². The van der Waals surface area contributed by atoms with Crippen molar-refractivity contribution in [2.45, 2.75) is 30.2 Å². The maximum absolute atomic E-state index is 12.1. The van der Waals surface area contributed by atoms with E-state index in [1.807, 2.05) is 6.92 Å². The second kappa shape index (κ2) is 6.68. The predicted molar refractivity (Wildman–Crippen MR) is 63.5 cm³/mol. The summed E-state index contributed by atoms with van der Waals surface area (Å²) >= 11 is -0.209. The summed E-state index contributed by atoms with van der Waals surface area (Å²) in [5.41, 5.74) is -4.05. The fourth-order valence-electron chi connectivity index (χ4n) is 1.19. The Morgan fingerprint density at radius 1 is 1.28 bits per heavy atom. The first kappa shape index (κ1) is 14.9. The van der Waals surface area contributed by atoms with Gasteiger partial charge in [0.15, 0.2) is 0 Å². The highest BCUT2D eigenvalue weighted by Gasteiger charge is 2.29. The van der Waals surface area contributed by atoms with Gasteiger partial charge in [0.2, 0.25) is 0 Å². The third-order valence-electron chi connectivity index (χ3n) is 2.05. The molecule has 0 amide bonds. The Kier molecular flexibility index (Phi) is 5.53. The molecule has 0 N–H and O–H groups in total. The molecular formula is C12H13F3O2S. The van der Waals surface area contributed by atoms with Crippen LogP contribution in [0.5, 0.6) is 0 Å². The van der Waals surface area contributed by atoms with Crippen LogP contribution >= 0.6 is 11.8 Å². The van der Waals surface area contributed by atoms with Crippen molar-refractivity contribution in [3.05, 3.63) is 29.8 Å². The number of benzene rings is 1. The first-order valence-corrected chi connectivity index (χ1v) is 6.27. The SMILES string of the molecule is CCCCOC(=O)c1ccc(SC(F)(F)F)cc1. The van der Waals surface area contributed by atoms with Gasteiger partial charge in [-0.05, 0) is 42.4 Å². The van der Waals surface area contributed by atoms with Gasteiger partial charge in [-0.3, -0.25) is 0 Å². The fourth-order valence-corrected chi connectivity index (χ4v) is 1.72. The van der Waals surface area contributed by atoms with Crippen molar-refractivity contribution in [1.82, 2.24) is 0 Å². The molecule has 1 aromatic carbocycles. The molecule has 18 heavy (non-hydrogen) atoms. The van der Waals surface area contributed by atoms with E-state index in [9.17, 15) is 18.0 Å². The van der Waals surface area contributed by atoms with Crippen LogP contribution in [-0.2, 0) is 4.74 Å². The number of carbonyl (C=O) groups excluding carboxylic acids is 1. The Balaban J connectivity index is 2.57. The van der Waals surface area contributed by atoms with E-state index in [4.69, 9.17) is 4.74 Å². The molecule has 0 radical (unpaired) electrons. The third kappa shape index (κ3) is 5.44. The second-order valence-electron chi connectivity index (χ2n) is 3.56. The van der Waals surface area contributed by atoms with Gasteiger partial charge in [0.05, 0.1) is 12.2 Å². The maximum Gasteiger partial charge on any atom is 0.446 e. The summed E-state index contributed by atoms with van der Waals surface area (Å²) in [5, 5.41) is 0. The molecule has 0 saturated heterocycles. The van der Waals surface area contributed by atoms with Crippen LogP contribution in [0.2, 0.25) is 0 Å². The minimum Gasteiger partial charge on any atom is -0.462 e. The fraction of sp³-hybridized carbons (Fsp3) is 0.417. The van der Waals surface area contributed by atoms with Gasteiger partial charge in [0.25, 0.3) is 0 Å². The first-order valence-electron chi connectivity index (χ1n) is 5.45. The van der Waals surface area contributed by atoms with Crippen LogP contribution in [0, 0.1) is 0 Å². The lowest BCUT2D eigenvalue weighted by molar-refractivity contribution is -0.0328. The van der Waals surface area contributed by atoms with Crippen LogP contribution in [0.15, 0.2) is 29.2 Å². The Morgan fingerprint density at radius 2 is 1.89 bits per heavy atom. The van der Waals surface area contributed by atoms with Crippen molar-refractivity contribution in [3.63, 3.8) is 0 Å². The van der Waals surface area contributed by atoms with Crippen LogP contribution < -0.4 is 0 Å². The zero-order chi connectivity index (χ0) is 13.6. The Hall–Kier alpha value is -1.17. The second-order valence-corrected chi connectivity index (χ2v) is 4.70. The number of ether oxygens (including phenoxy) is 1. The highest BCUT2D eigenvalue weighted by Crippen LogP contribution is 2.36. The van der Waals surface area contributed by atoms with Crippen molar-refractivity contribution >= 4 is 17.7 Å². The summed E-state index contributed by atoms with van der Waals surface area (Å²) in [6.45, 7) is 2.30. The molecule has 0 saturated carbocycles. The molecule has 0 heterocycles. The Labute approximate surface area is 108 Å². The molecule has 0 fully saturated rings. The Morgan fingerprint density at radius 3 is 2.39 bits per heavy atom. The number of rotatable bonds is 5. The van der Waals surface area contributed by atoms with Gasteiger partial charge in [-0.2, -0.15) is 13.2 Å². The summed E-state index contributed by atoms with van der Waals surface area (Å²) < 4.78 is 41.2. The van der Waals surface area contributed by atoms with Crippen LogP contribution in [0.4, 0.5) is 13.2 Å². The van der Waals surface area contributed by atoms with Crippen molar-refractivity contribution in [2.24, 2.45) is 0 Å². The van der Waals surface area contributed by atoms with Crippen molar-refractivity contribution in [2.75, 3.05) is 6.61 Å². The van der Waals surface area contributed by atoms with Gasteiger partial charge in [-0.15, -0.1) is 0 Å². The number of esters is 1. The van der Waals surface area contributed by atoms with E-state index in [1.165, 1.54) is 24.3 Å². The minimum atomic E-state index is -4.32. The summed E-state index contributed by atoms with van der Waals surface area (Å²) in [6, 6.07) is 5.19. The molecule has 0 unspecified atom stereocenters. The number of carbonyl (C=O) groups is 1. The van der Waals surface area contributed by atoms with Crippen molar-refractivity contribution < 1.29 is 22.7 Å². The summed E-state index contributed by atoms with van der Waals surface area (Å²) in [7, 11) is 0. The summed E-state index contributed by atoms with van der Waals surface area (Å²) in [6.07, 6.45) is 1.68. The lowest BCUT2D eigenvalue weighted by Gasteiger charge is -2.06. The van der Waals surface area contributed by atoms with E-state index < -0.39 is 11.5 Å². The number of alkyl halides is 3. The van der Waals surface area contributed by atoms with Crippen LogP contribution in [0.25, 0.3) is 0 Å². The molecule has 0 aliphatic rings. The van der Waals surface area contributed by atoms with Gasteiger partial charge in [-0.1, -0.05) is 13.3 Å². The van der Waals surface area contributed by atoms with Gasteiger partial charge < -0.3 is 4.74 Å². The molecule has 6 heteroatoms. The molecule has 0 aromatic heterocycles. The molecule has 0 atom stereocenters. The zero-order valence-electron chi connectivity index (χ0n) is 9.79. The monoisotopic (exact) mass is 278 g/mol. The Bertz CT molecular complexity index is 387. The number of halogens is 3. The zero-order valence-corrected chi connectivity index (χ0v) is 10.6. The predicted octanol–water partition coefficient (Wildman–Crippen LogP) is 4.26. The van der Waals surface area contributed by atoms with Crippen LogP contribution in [-0.4, -0.2) is 18.1 Å². The van der Waals surface area contributed by atoms with E-state index >= 15 is 0 Å². The van der Waals surface area contributed by atoms with Gasteiger partial charge in [0.1, 0.15) is 0 Å². The quantitative estimate of drug-likeness (QED) is 0.457. The maximum atomic E-state index is 12.1. The molecule has 1 aromatic rings. The lowest BCUT2D eigenvalue weighted by Crippen LogP contribution is -2.06. The van der Waals surface area contributed by atoms with Crippen molar-refractivity contribution in [3.8, 4) is 0 Å². The largest absolute Gasteiger partial charge is 0.462 e. The normalized spacial score (nSPS) is 11.3. The van der Waals surface area contributed by atoms with E-state index in [2.05, 4.69) is 0 Å². The summed E-state index contributed by atoms with van der Waals surface area (Å²) in [5.74, 6) is -0.507. The average Bonchev–Trinajstić information content (AvgIpc) is 2.28. The summed E-state index contributed by atoms with van der Waals surface area (Å²) in [4.78, 5) is 11.5. The standard InChI is InChI=1S/C12H13F3O2S/c1-2-3-8-17-11(16)9-4-6-10(7-5-9)18-12(13,14)15/h4-7H,2-3,8H2,1H3. The van der Waals surface area contributed by atoms with Gasteiger partial charge in [0, 0.05) is 4.90 Å². The van der Waals surface area contributed by atoms with E-state index in [0.717, 1.165) is 12.8 Å². The highest BCUT2D eigenvalue weighted by atomic mass is 32.2. The molecule has 0 bridgehead atoms. The van der Waals surface area contributed by atoms with Crippen molar-refractivity contribution in [1.29, 1.82) is 0 Å². The molecular weight excluding hydrogens is 265 g/mol. The average molecular weight is 278 g/mol.